The van der Waals surface area contributed by atoms with Gasteiger partial charge in [-0.25, -0.2) is 0 Å². The second-order valence-electron chi connectivity index (χ2n) is 9.46. The predicted molar refractivity (Wildman–Crippen MR) is 116 cm³/mol. The number of rotatable bonds is 4. The van der Waals surface area contributed by atoms with Crippen LogP contribution in [-0.2, 0) is 9.59 Å². The van der Waals surface area contributed by atoms with E-state index in [1.54, 1.807) is 12.1 Å². The number of benzene rings is 1. The molecule has 3 amide bonds. The molecule has 2 atom stereocenters. The summed E-state index contributed by atoms with van der Waals surface area (Å²) in [7, 11) is 0. The number of carbonyl (C=O) groups excluding carboxylic acids is 3. The molecule has 4 rings (SSSR count). The topological polar surface area (TPSA) is 69.7 Å². The molecule has 0 bridgehead atoms. The number of anilines is 1. The second-order valence-corrected chi connectivity index (χ2v) is 9.46. The van der Waals surface area contributed by atoms with Crippen LogP contribution in [0.2, 0.25) is 0 Å². The van der Waals surface area contributed by atoms with Crippen molar-refractivity contribution in [3.05, 3.63) is 29.8 Å². The molecule has 2 heterocycles. The van der Waals surface area contributed by atoms with E-state index in [9.17, 15) is 14.4 Å². The van der Waals surface area contributed by atoms with Crippen LogP contribution in [0.4, 0.5) is 5.69 Å². The van der Waals surface area contributed by atoms with Crippen molar-refractivity contribution in [3.63, 3.8) is 0 Å². The third-order valence-corrected chi connectivity index (χ3v) is 7.05. The molecule has 3 aliphatic rings. The van der Waals surface area contributed by atoms with Crippen molar-refractivity contribution in [1.29, 1.82) is 0 Å². The summed E-state index contributed by atoms with van der Waals surface area (Å²) in [5, 5.41) is 2.93. The Morgan fingerprint density at radius 3 is 2.20 bits per heavy atom. The Kier molecular flexibility index (Phi) is 6.11. The zero-order valence-electron chi connectivity index (χ0n) is 18.1. The summed E-state index contributed by atoms with van der Waals surface area (Å²) in [5.41, 5.74) is 1.26. The Balaban J connectivity index is 1.30. The van der Waals surface area contributed by atoms with Crippen LogP contribution < -0.4 is 5.32 Å². The van der Waals surface area contributed by atoms with Crippen molar-refractivity contribution in [2.24, 2.45) is 23.7 Å². The van der Waals surface area contributed by atoms with Gasteiger partial charge < -0.3 is 15.1 Å². The molecule has 0 spiro atoms. The number of hydrogen-bond acceptors (Lipinski definition) is 3. The summed E-state index contributed by atoms with van der Waals surface area (Å²) in [6.45, 7) is 7.28. The summed E-state index contributed by atoms with van der Waals surface area (Å²) in [6, 6.07) is 7.20. The minimum absolute atomic E-state index is 0.0245. The lowest BCUT2D eigenvalue weighted by Crippen LogP contribution is -2.46. The molecule has 1 saturated carbocycles. The number of likely N-dealkylation sites (tertiary alicyclic amines) is 2. The van der Waals surface area contributed by atoms with E-state index in [4.69, 9.17) is 0 Å². The number of carbonyl (C=O) groups is 3. The molecule has 6 heteroatoms. The van der Waals surface area contributed by atoms with Gasteiger partial charge in [-0.2, -0.15) is 0 Å². The summed E-state index contributed by atoms with van der Waals surface area (Å²) >= 11 is 0. The Morgan fingerprint density at radius 2 is 1.57 bits per heavy atom. The number of amides is 3. The fourth-order valence-electron chi connectivity index (χ4n) is 4.65. The molecule has 2 unspecified atom stereocenters. The smallest absolute Gasteiger partial charge is 0.253 e. The van der Waals surface area contributed by atoms with Crippen LogP contribution in [0.15, 0.2) is 24.3 Å². The van der Waals surface area contributed by atoms with Crippen molar-refractivity contribution in [3.8, 4) is 0 Å². The first kappa shape index (κ1) is 20.9. The molecule has 0 aromatic heterocycles. The maximum Gasteiger partial charge on any atom is 0.253 e. The monoisotopic (exact) mass is 411 g/mol. The maximum absolute atomic E-state index is 13.0. The van der Waals surface area contributed by atoms with Crippen molar-refractivity contribution >= 4 is 23.4 Å². The van der Waals surface area contributed by atoms with Crippen LogP contribution in [0.1, 0.15) is 56.3 Å². The molecule has 6 nitrogen and oxygen atoms in total. The summed E-state index contributed by atoms with van der Waals surface area (Å²) in [5.74, 6) is 1.58. The highest BCUT2D eigenvalue weighted by atomic mass is 16.2. The fourth-order valence-corrected chi connectivity index (χ4v) is 4.65. The summed E-state index contributed by atoms with van der Waals surface area (Å²) in [4.78, 5) is 41.8. The lowest BCUT2D eigenvalue weighted by atomic mass is 9.92. The molecule has 0 radical (unpaired) electrons. The van der Waals surface area contributed by atoms with Crippen molar-refractivity contribution in [1.82, 2.24) is 9.80 Å². The minimum Gasteiger partial charge on any atom is -0.342 e. The number of nitrogens with zero attached hydrogens (tertiary/aromatic N) is 2. The third-order valence-electron chi connectivity index (χ3n) is 7.05. The van der Waals surface area contributed by atoms with Crippen molar-refractivity contribution in [2.45, 2.75) is 46.0 Å². The molecular weight excluding hydrogens is 378 g/mol. The summed E-state index contributed by atoms with van der Waals surface area (Å²) in [6.07, 6.45) is 4.58. The van der Waals surface area contributed by atoms with E-state index in [-0.39, 0.29) is 29.6 Å². The van der Waals surface area contributed by atoms with E-state index < -0.39 is 0 Å². The van der Waals surface area contributed by atoms with Gasteiger partial charge in [0.15, 0.2) is 0 Å². The summed E-state index contributed by atoms with van der Waals surface area (Å²) < 4.78 is 0. The van der Waals surface area contributed by atoms with Gasteiger partial charge in [0.05, 0.1) is 0 Å². The fraction of sp³-hybridized carbons (Fsp3) is 0.625. The number of nitrogens with one attached hydrogen (secondary N) is 1. The molecule has 1 aromatic carbocycles. The van der Waals surface area contributed by atoms with E-state index in [1.165, 1.54) is 0 Å². The average Bonchev–Trinajstić information content (AvgIpc) is 3.50. The molecule has 1 aromatic rings. The van der Waals surface area contributed by atoms with Crippen molar-refractivity contribution < 1.29 is 14.4 Å². The normalized spacial score (nSPS) is 25.1. The second kappa shape index (κ2) is 8.78. The van der Waals surface area contributed by atoms with Crippen LogP contribution in [0.5, 0.6) is 0 Å². The predicted octanol–water partition coefficient (Wildman–Crippen LogP) is 3.39. The van der Waals surface area contributed by atoms with Crippen LogP contribution in [-0.4, -0.2) is 53.7 Å². The number of piperidine rings is 2. The van der Waals surface area contributed by atoms with Gasteiger partial charge in [0, 0.05) is 49.3 Å². The Hall–Kier alpha value is -2.37. The van der Waals surface area contributed by atoms with Gasteiger partial charge in [0.1, 0.15) is 0 Å². The van der Waals surface area contributed by atoms with Crippen LogP contribution in [0.3, 0.4) is 0 Å². The molecule has 2 saturated heterocycles. The van der Waals surface area contributed by atoms with Crippen molar-refractivity contribution in [2.75, 3.05) is 31.5 Å². The maximum atomic E-state index is 13.0. The van der Waals surface area contributed by atoms with Crippen LogP contribution in [0, 0.1) is 23.7 Å². The van der Waals surface area contributed by atoms with E-state index >= 15 is 0 Å². The lowest BCUT2D eigenvalue weighted by molar-refractivity contribution is -0.138. The largest absolute Gasteiger partial charge is 0.342 e. The van der Waals surface area contributed by atoms with Crippen LogP contribution in [0.25, 0.3) is 0 Å². The first-order chi connectivity index (χ1) is 14.4. The highest BCUT2D eigenvalue weighted by Crippen LogP contribution is 2.38. The third kappa shape index (κ3) is 4.68. The lowest BCUT2D eigenvalue weighted by Gasteiger charge is -2.36. The Morgan fingerprint density at radius 1 is 0.933 bits per heavy atom. The van der Waals surface area contributed by atoms with Gasteiger partial charge in [-0.05, 0) is 62.1 Å². The molecule has 2 aliphatic heterocycles. The van der Waals surface area contributed by atoms with Gasteiger partial charge in [0.2, 0.25) is 11.8 Å². The first-order valence-electron chi connectivity index (χ1n) is 11.4. The zero-order chi connectivity index (χ0) is 21.3. The van der Waals surface area contributed by atoms with E-state index in [0.717, 1.165) is 45.2 Å². The van der Waals surface area contributed by atoms with Crippen LogP contribution >= 0.6 is 0 Å². The highest BCUT2D eigenvalue weighted by molar-refractivity contribution is 5.98. The molecule has 1 N–H and O–H groups in total. The number of hydrogen-bond donors (Lipinski definition) is 1. The van der Waals surface area contributed by atoms with Gasteiger partial charge >= 0.3 is 0 Å². The molecule has 3 fully saturated rings. The van der Waals surface area contributed by atoms with Gasteiger partial charge in [-0.15, -0.1) is 0 Å². The SMILES string of the molecule is CC1CCN(C(=O)C2CCN(C(=O)c3cccc(NC(=O)C4CC4C)c3)CC2)CC1. The minimum atomic E-state index is -0.0245. The zero-order valence-corrected chi connectivity index (χ0v) is 18.1. The molecule has 30 heavy (non-hydrogen) atoms. The Bertz CT molecular complexity index is 808. The molecular formula is C24H33N3O3. The van der Waals surface area contributed by atoms with Gasteiger partial charge in [0.25, 0.3) is 5.91 Å². The van der Waals surface area contributed by atoms with Gasteiger partial charge in [-0.3, -0.25) is 14.4 Å². The average molecular weight is 412 g/mol. The quantitative estimate of drug-likeness (QED) is 0.826. The van der Waals surface area contributed by atoms with E-state index in [1.807, 2.05) is 21.9 Å². The van der Waals surface area contributed by atoms with E-state index in [0.29, 0.717) is 36.2 Å². The van der Waals surface area contributed by atoms with Gasteiger partial charge in [-0.1, -0.05) is 19.9 Å². The van der Waals surface area contributed by atoms with E-state index in [2.05, 4.69) is 19.2 Å². The Labute approximate surface area is 179 Å². The first-order valence-corrected chi connectivity index (χ1v) is 11.4. The highest BCUT2D eigenvalue weighted by Gasteiger charge is 2.39. The molecule has 1 aliphatic carbocycles. The standard InChI is InChI=1S/C24H33N3O3/c1-16-6-10-26(11-7-16)23(29)18-8-12-27(13-9-18)24(30)19-4-3-5-20(15-19)25-22(28)21-14-17(21)2/h3-5,15-18,21H,6-14H2,1-2H3,(H,25,28). The molecule has 162 valence electrons.